The van der Waals surface area contributed by atoms with Crippen molar-refractivity contribution >= 4 is 55.7 Å². The van der Waals surface area contributed by atoms with Gasteiger partial charge in [0.05, 0.1) is 11.1 Å². The Bertz CT molecular complexity index is 1510. The fraction of sp³-hybridized carbons (Fsp3) is 0.0417. The Hall–Kier alpha value is -3.62. The highest BCUT2D eigenvalue weighted by Crippen LogP contribution is 2.31. The molecule has 0 unspecified atom stereocenters. The van der Waals surface area contributed by atoms with Gasteiger partial charge in [0.1, 0.15) is 4.83 Å². The maximum absolute atomic E-state index is 13.0. The van der Waals surface area contributed by atoms with E-state index in [9.17, 15) is 9.59 Å². The molecule has 32 heavy (non-hydrogen) atoms. The van der Waals surface area contributed by atoms with Crippen LogP contribution in [0.2, 0.25) is 0 Å². The third-order valence-electron chi connectivity index (χ3n) is 5.06. The van der Waals surface area contributed by atoms with E-state index in [2.05, 4.69) is 10.3 Å². The number of rotatable bonds is 5. The Morgan fingerprint density at radius 2 is 1.78 bits per heavy atom. The van der Waals surface area contributed by atoms with Crippen molar-refractivity contribution in [2.75, 3.05) is 16.9 Å². The van der Waals surface area contributed by atoms with Crippen molar-refractivity contribution in [2.45, 2.75) is 5.16 Å². The molecule has 5 rings (SSSR count). The number of fused-ring (bicyclic) bond motifs is 2. The van der Waals surface area contributed by atoms with E-state index in [1.807, 2.05) is 78.2 Å². The second kappa shape index (κ2) is 8.49. The van der Waals surface area contributed by atoms with E-state index in [0.717, 1.165) is 38.3 Å². The number of aromatic nitrogens is 2. The molecule has 0 aliphatic rings. The molecule has 2 heterocycles. The molecule has 0 aliphatic heterocycles. The molecule has 0 radical (unpaired) electrons. The fourth-order valence-electron chi connectivity index (χ4n) is 3.51. The summed E-state index contributed by atoms with van der Waals surface area (Å²) >= 11 is 2.52. The third-order valence-corrected chi connectivity index (χ3v) is 6.88. The van der Waals surface area contributed by atoms with Gasteiger partial charge in [0.15, 0.2) is 5.16 Å². The number of thiophene rings is 1. The fourth-order valence-corrected chi connectivity index (χ4v) is 5.22. The first kappa shape index (κ1) is 20.3. The van der Waals surface area contributed by atoms with Gasteiger partial charge in [-0.2, -0.15) is 0 Å². The Morgan fingerprint density at radius 1 is 1.03 bits per heavy atom. The van der Waals surface area contributed by atoms with Gasteiger partial charge in [-0.15, -0.1) is 11.3 Å². The molecular weight excluding hydrogens is 440 g/mol. The molecule has 0 spiro atoms. The van der Waals surface area contributed by atoms with Gasteiger partial charge in [-0.25, -0.2) is 9.66 Å². The lowest BCUT2D eigenvalue weighted by Gasteiger charge is -2.09. The molecule has 0 bridgehead atoms. The van der Waals surface area contributed by atoms with Gasteiger partial charge in [-0.1, -0.05) is 72.4 Å². The molecule has 8 heteroatoms. The molecular formula is C24H18N4O2S2. The second-order valence-corrected chi connectivity index (χ2v) is 8.96. The number of thioether (sulfide) groups is 1. The molecule has 3 aromatic carbocycles. The van der Waals surface area contributed by atoms with Crippen molar-refractivity contribution in [3.05, 3.63) is 88.5 Å². The van der Waals surface area contributed by atoms with E-state index < -0.39 is 0 Å². The van der Waals surface area contributed by atoms with Crippen molar-refractivity contribution in [3.63, 3.8) is 0 Å². The van der Waals surface area contributed by atoms with E-state index in [0.29, 0.717) is 21.1 Å². The minimum atomic E-state index is -0.326. The summed E-state index contributed by atoms with van der Waals surface area (Å²) in [6.45, 7) is 0. The van der Waals surface area contributed by atoms with Crippen LogP contribution >= 0.6 is 23.1 Å². The van der Waals surface area contributed by atoms with E-state index >= 15 is 0 Å². The molecule has 158 valence electrons. The Morgan fingerprint density at radius 3 is 2.59 bits per heavy atom. The average Bonchev–Trinajstić information content (AvgIpc) is 3.25. The summed E-state index contributed by atoms with van der Waals surface area (Å²) in [5.74, 6) is 5.93. The van der Waals surface area contributed by atoms with E-state index in [-0.39, 0.29) is 17.2 Å². The highest BCUT2D eigenvalue weighted by atomic mass is 32.2. The van der Waals surface area contributed by atoms with Crippen LogP contribution in [0.3, 0.4) is 0 Å². The smallest absolute Gasteiger partial charge is 0.282 e. The standard InChI is InChI=1S/C24H18N4O2S2/c25-28-23(30)21-19(16-7-2-1-3-8-16)13-31-22(21)27-24(28)32-14-20(29)26-18-11-10-15-6-4-5-9-17(15)12-18/h1-13H,14,25H2,(H,26,29). The topological polar surface area (TPSA) is 90.0 Å². The van der Waals surface area contributed by atoms with Gasteiger partial charge in [-0.05, 0) is 28.5 Å². The van der Waals surface area contributed by atoms with Crippen molar-refractivity contribution in [2.24, 2.45) is 0 Å². The quantitative estimate of drug-likeness (QED) is 0.226. The number of hydrogen-bond donors (Lipinski definition) is 2. The average molecular weight is 459 g/mol. The molecule has 0 atom stereocenters. The Kier molecular flexibility index (Phi) is 5.38. The Labute approximate surface area is 191 Å². The molecule has 5 aromatic rings. The molecule has 0 aliphatic carbocycles. The Balaban J connectivity index is 1.35. The summed E-state index contributed by atoms with van der Waals surface area (Å²) in [6, 6.07) is 23.4. The number of benzene rings is 3. The lowest BCUT2D eigenvalue weighted by Crippen LogP contribution is -2.30. The van der Waals surface area contributed by atoms with Gasteiger partial charge in [0.2, 0.25) is 5.91 Å². The van der Waals surface area contributed by atoms with Crippen LogP contribution in [0.1, 0.15) is 0 Å². The van der Waals surface area contributed by atoms with Crippen LogP contribution in [0.4, 0.5) is 5.69 Å². The summed E-state index contributed by atoms with van der Waals surface area (Å²) in [5.41, 5.74) is 2.14. The monoisotopic (exact) mass is 458 g/mol. The SMILES string of the molecule is Nn1c(SCC(=O)Nc2ccc3ccccc3c2)nc2scc(-c3ccccc3)c2c1=O. The lowest BCUT2D eigenvalue weighted by atomic mass is 10.1. The van der Waals surface area contributed by atoms with Crippen LogP contribution in [0.5, 0.6) is 0 Å². The van der Waals surface area contributed by atoms with Crippen LogP contribution in [0.15, 0.2) is 88.1 Å². The van der Waals surface area contributed by atoms with Crippen molar-refractivity contribution < 1.29 is 4.79 Å². The highest BCUT2D eigenvalue weighted by Gasteiger charge is 2.17. The van der Waals surface area contributed by atoms with E-state index in [4.69, 9.17) is 5.84 Å². The first-order valence-electron chi connectivity index (χ1n) is 9.86. The molecule has 2 aromatic heterocycles. The van der Waals surface area contributed by atoms with E-state index in [1.165, 1.54) is 11.3 Å². The number of nitrogens with zero attached hydrogens (tertiary/aromatic N) is 2. The summed E-state index contributed by atoms with van der Waals surface area (Å²) in [7, 11) is 0. The number of nitrogens with one attached hydrogen (secondary N) is 1. The second-order valence-electron chi connectivity index (χ2n) is 7.16. The number of nitrogens with two attached hydrogens (primary N) is 1. The molecule has 0 saturated carbocycles. The van der Waals surface area contributed by atoms with Crippen LogP contribution in [0.25, 0.3) is 32.1 Å². The summed E-state index contributed by atoms with van der Waals surface area (Å²) in [6.07, 6.45) is 0. The zero-order valence-corrected chi connectivity index (χ0v) is 18.5. The zero-order chi connectivity index (χ0) is 22.1. The van der Waals surface area contributed by atoms with E-state index in [1.54, 1.807) is 0 Å². The number of nitrogen functional groups attached to an aromatic ring is 1. The minimum Gasteiger partial charge on any atom is -0.334 e. The van der Waals surface area contributed by atoms with Crippen LogP contribution in [-0.4, -0.2) is 21.3 Å². The zero-order valence-electron chi connectivity index (χ0n) is 16.8. The third kappa shape index (κ3) is 3.86. The van der Waals surface area contributed by atoms with Crippen LogP contribution in [-0.2, 0) is 4.79 Å². The van der Waals surface area contributed by atoms with Crippen molar-refractivity contribution in [1.29, 1.82) is 0 Å². The number of carbonyl (C=O) groups excluding carboxylic acids is 1. The maximum atomic E-state index is 13.0. The van der Waals surface area contributed by atoms with Crippen LogP contribution < -0.4 is 16.7 Å². The molecule has 3 N–H and O–H groups in total. The van der Waals surface area contributed by atoms with Gasteiger partial charge >= 0.3 is 0 Å². The highest BCUT2D eigenvalue weighted by molar-refractivity contribution is 7.99. The minimum absolute atomic E-state index is 0.0822. The van der Waals surface area contributed by atoms with Crippen molar-refractivity contribution in [1.82, 2.24) is 9.66 Å². The maximum Gasteiger partial charge on any atom is 0.282 e. The summed E-state index contributed by atoms with van der Waals surface area (Å²) in [4.78, 5) is 30.6. The summed E-state index contributed by atoms with van der Waals surface area (Å²) < 4.78 is 1.02. The molecule has 0 fully saturated rings. The number of anilines is 1. The number of amides is 1. The normalized spacial score (nSPS) is 11.1. The predicted octanol–water partition coefficient (Wildman–Crippen LogP) is 4.72. The van der Waals surface area contributed by atoms with Gasteiger partial charge < -0.3 is 11.2 Å². The molecule has 1 amide bonds. The van der Waals surface area contributed by atoms with Crippen LogP contribution in [0, 0.1) is 0 Å². The summed E-state index contributed by atoms with van der Waals surface area (Å²) in [5, 5.41) is 7.75. The lowest BCUT2D eigenvalue weighted by molar-refractivity contribution is -0.113. The van der Waals surface area contributed by atoms with Gasteiger partial charge in [-0.3, -0.25) is 9.59 Å². The molecule has 6 nitrogen and oxygen atoms in total. The van der Waals surface area contributed by atoms with Gasteiger partial charge in [0, 0.05) is 16.6 Å². The van der Waals surface area contributed by atoms with Gasteiger partial charge in [0.25, 0.3) is 5.56 Å². The number of hydrogen-bond acceptors (Lipinski definition) is 6. The largest absolute Gasteiger partial charge is 0.334 e. The molecule has 0 saturated heterocycles. The predicted molar refractivity (Wildman–Crippen MR) is 133 cm³/mol. The number of carbonyl (C=O) groups is 1. The first-order chi connectivity index (χ1) is 15.6. The first-order valence-corrected chi connectivity index (χ1v) is 11.7. The van der Waals surface area contributed by atoms with Crippen molar-refractivity contribution in [3.8, 4) is 11.1 Å².